The number of nitrogens with two attached hydrogens (primary N) is 1. The fourth-order valence-corrected chi connectivity index (χ4v) is 4.98. The first-order chi connectivity index (χ1) is 8.74. The predicted molar refractivity (Wildman–Crippen MR) is 82.7 cm³/mol. The highest BCUT2D eigenvalue weighted by molar-refractivity contribution is 8.06. The van der Waals surface area contributed by atoms with Crippen molar-refractivity contribution in [1.82, 2.24) is 9.55 Å². The maximum absolute atomic E-state index is 6.01. The van der Waals surface area contributed by atoms with Gasteiger partial charge in [-0.05, 0) is 18.2 Å². The molecule has 0 saturated carbocycles. The fraction of sp³-hybridized carbons (Fsp3) is 0.417. The van der Waals surface area contributed by atoms with Gasteiger partial charge in [-0.25, -0.2) is 4.98 Å². The quantitative estimate of drug-likeness (QED) is 0.925. The van der Waals surface area contributed by atoms with E-state index in [1.807, 2.05) is 41.7 Å². The summed E-state index contributed by atoms with van der Waals surface area (Å²) in [7, 11) is 0. The first-order valence-corrected chi connectivity index (χ1v) is 8.43. The molecule has 1 saturated heterocycles. The number of nitrogen functional groups attached to an aromatic ring is 1. The normalized spacial score (nSPS) is 20.4. The van der Waals surface area contributed by atoms with Crippen LogP contribution in [0.1, 0.15) is 0 Å². The van der Waals surface area contributed by atoms with E-state index < -0.39 is 0 Å². The van der Waals surface area contributed by atoms with Crippen LogP contribution in [0.25, 0.3) is 11.0 Å². The van der Waals surface area contributed by atoms with Crippen molar-refractivity contribution in [3.8, 4) is 0 Å². The van der Waals surface area contributed by atoms with Crippen LogP contribution in [0.4, 0.5) is 5.95 Å². The molecule has 2 heterocycles. The monoisotopic (exact) mass is 299 g/mol. The highest BCUT2D eigenvalue weighted by Gasteiger charge is 2.17. The van der Waals surface area contributed by atoms with Crippen LogP contribution in [-0.4, -0.2) is 32.1 Å². The Bertz CT molecular complexity index is 564. The van der Waals surface area contributed by atoms with Crippen LogP contribution in [0.3, 0.4) is 0 Å². The molecule has 1 aliphatic heterocycles. The van der Waals surface area contributed by atoms with E-state index in [1.165, 1.54) is 17.3 Å². The van der Waals surface area contributed by atoms with E-state index in [0.29, 0.717) is 16.2 Å². The highest BCUT2D eigenvalue weighted by atomic mass is 35.5. The first-order valence-electron chi connectivity index (χ1n) is 5.84. The van der Waals surface area contributed by atoms with E-state index in [9.17, 15) is 0 Å². The van der Waals surface area contributed by atoms with E-state index in [1.54, 1.807) is 0 Å². The largest absolute Gasteiger partial charge is 0.369 e. The van der Waals surface area contributed by atoms with Crippen LogP contribution < -0.4 is 5.73 Å². The number of aromatic nitrogens is 2. The molecule has 1 aromatic carbocycles. The summed E-state index contributed by atoms with van der Waals surface area (Å²) in [6.45, 7) is 0.932. The minimum absolute atomic E-state index is 0.587. The number of hydrogen-bond acceptors (Lipinski definition) is 4. The van der Waals surface area contributed by atoms with Crippen molar-refractivity contribution >= 4 is 52.1 Å². The molecule has 0 radical (unpaired) electrons. The Morgan fingerprint density at radius 3 is 3.11 bits per heavy atom. The summed E-state index contributed by atoms with van der Waals surface area (Å²) >= 11 is 10.0. The molecule has 1 aliphatic rings. The van der Waals surface area contributed by atoms with E-state index >= 15 is 0 Å². The average molecular weight is 300 g/mol. The molecule has 18 heavy (non-hydrogen) atoms. The van der Waals surface area contributed by atoms with Crippen LogP contribution in [0.2, 0.25) is 5.02 Å². The third kappa shape index (κ3) is 2.44. The average Bonchev–Trinajstić information content (AvgIpc) is 2.66. The molecule has 0 bridgehead atoms. The van der Waals surface area contributed by atoms with Gasteiger partial charge >= 0.3 is 0 Å². The summed E-state index contributed by atoms with van der Waals surface area (Å²) in [5.74, 6) is 4.27. The Labute approximate surface area is 119 Å². The lowest BCUT2D eigenvalue weighted by molar-refractivity contribution is 0.724. The zero-order chi connectivity index (χ0) is 12.5. The van der Waals surface area contributed by atoms with Gasteiger partial charge < -0.3 is 10.3 Å². The molecule has 96 valence electrons. The van der Waals surface area contributed by atoms with Gasteiger partial charge in [-0.15, -0.1) is 0 Å². The van der Waals surface area contributed by atoms with Crippen molar-refractivity contribution in [1.29, 1.82) is 0 Å². The van der Waals surface area contributed by atoms with Crippen molar-refractivity contribution in [3.05, 3.63) is 23.2 Å². The van der Waals surface area contributed by atoms with Gasteiger partial charge in [0.2, 0.25) is 5.95 Å². The number of imidazole rings is 1. The standard InChI is InChI=1S/C12H14ClN3S2/c13-8-1-2-11-10(5-8)15-12(14)16(11)6-9-7-17-3-4-18-9/h1-2,5,9H,3-4,6-7H2,(H2,14,15). The van der Waals surface area contributed by atoms with Gasteiger partial charge in [0.15, 0.2) is 0 Å². The smallest absolute Gasteiger partial charge is 0.201 e. The molecule has 1 fully saturated rings. The van der Waals surface area contributed by atoms with Gasteiger partial charge in [0.1, 0.15) is 0 Å². The third-order valence-electron chi connectivity index (χ3n) is 3.01. The molecular weight excluding hydrogens is 286 g/mol. The molecule has 0 amide bonds. The van der Waals surface area contributed by atoms with Gasteiger partial charge in [0, 0.05) is 34.1 Å². The van der Waals surface area contributed by atoms with Crippen molar-refractivity contribution in [2.45, 2.75) is 11.8 Å². The second-order valence-corrected chi connectivity index (χ2v) is 7.28. The number of nitrogens with zero attached hydrogens (tertiary/aromatic N) is 2. The lowest BCUT2D eigenvalue weighted by atomic mass is 10.3. The maximum Gasteiger partial charge on any atom is 0.201 e. The van der Waals surface area contributed by atoms with Crippen molar-refractivity contribution < 1.29 is 0 Å². The molecule has 0 spiro atoms. The van der Waals surface area contributed by atoms with E-state index in [-0.39, 0.29) is 0 Å². The number of rotatable bonds is 2. The summed E-state index contributed by atoms with van der Waals surface area (Å²) in [6.07, 6.45) is 0. The van der Waals surface area contributed by atoms with Crippen LogP contribution >= 0.6 is 35.1 Å². The van der Waals surface area contributed by atoms with Gasteiger partial charge in [0.05, 0.1) is 11.0 Å². The number of hydrogen-bond donors (Lipinski definition) is 1. The lowest BCUT2D eigenvalue weighted by Crippen LogP contribution is -2.21. The zero-order valence-corrected chi connectivity index (χ0v) is 12.2. The third-order valence-corrected chi connectivity index (χ3v) is 6.07. The number of fused-ring (bicyclic) bond motifs is 1. The molecule has 1 unspecified atom stereocenters. The second-order valence-electron chi connectivity index (χ2n) is 4.28. The molecule has 2 N–H and O–H groups in total. The van der Waals surface area contributed by atoms with Crippen molar-refractivity contribution in [3.63, 3.8) is 0 Å². The Hall–Kier alpha value is -0.520. The Kier molecular flexibility index (Phi) is 3.63. The minimum atomic E-state index is 0.587. The van der Waals surface area contributed by atoms with Crippen molar-refractivity contribution in [2.75, 3.05) is 23.0 Å². The van der Waals surface area contributed by atoms with E-state index in [2.05, 4.69) is 9.55 Å². The van der Waals surface area contributed by atoms with Gasteiger partial charge in [0.25, 0.3) is 0 Å². The van der Waals surface area contributed by atoms with E-state index in [0.717, 1.165) is 17.6 Å². The number of anilines is 1. The van der Waals surface area contributed by atoms with Crippen LogP contribution in [0.5, 0.6) is 0 Å². The summed E-state index contributed by atoms with van der Waals surface area (Å²) < 4.78 is 2.11. The molecule has 3 rings (SSSR count). The number of halogens is 1. The van der Waals surface area contributed by atoms with Crippen LogP contribution in [0.15, 0.2) is 18.2 Å². The SMILES string of the molecule is Nc1nc2cc(Cl)ccc2n1CC1CSCCS1. The molecule has 1 aromatic heterocycles. The Balaban J connectivity index is 1.92. The summed E-state index contributed by atoms with van der Waals surface area (Å²) in [6, 6.07) is 5.76. The molecule has 2 aromatic rings. The van der Waals surface area contributed by atoms with Crippen molar-refractivity contribution in [2.24, 2.45) is 0 Å². The zero-order valence-electron chi connectivity index (χ0n) is 9.80. The predicted octanol–water partition coefficient (Wildman–Crippen LogP) is 3.12. The highest BCUT2D eigenvalue weighted by Crippen LogP contribution is 2.28. The Morgan fingerprint density at radius 1 is 1.44 bits per heavy atom. The minimum Gasteiger partial charge on any atom is -0.369 e. The van der Waals surface area contributed by atoms with Crippen LogP contribution in [0, 0.1) is 0 Å². The lowest BCUT2D eigenvalue weighted by Gasteiger charge is -2.22. The number of benzene rings is 1. The molecule has 3 nitrogen and oxygen atoms in total. The van der Waals surface area contributed by atoms with E-state index in [4.69, 9.17) is 17.3 Å². The second kappa shape index (κ2) is 5.23. The van der Waals surface area contributed by atoms with Gasteiger partial charge in [-0.2, -0.15) is 23.5 Å². The topological polar surface area (TPSA) is 43.8 Å². The molecule has 1 atom stereocenters. The Morgan fingerprint density at radius 2 is 2.33 bits per heavy atom. The maximum atomic E-state index is 6.01. The first kappa shape index (κ1) is 12.5. The van der Waals surface area contributed by atoms with Gasteiger partial charge in [-0.1, -0.05) is 11.6 Å². The summed E-state index contributed by atoms with van der Waals surface area (Å²) in [5, 5.41) is 1.33. The summed E-state index contributed by atoms with van der Waals surface area (Å²) in [4.78, 5) is 4.38. The van der Waals surface area contributed by atoms with Crippen LogP contribution in [-0.2, 0) is 6.54 Å². The fourth-order valence-electron chi connectivity index (χ4n) is 2.16. The molecule has 6 heteroatoms. The summed E-state index contributed by atoms with van der Waals surface area (Å²) in [5.41, 5.74) is 7.97. The molecular formula is C12H14ClN3S2. The number of thioether (sulfide) groups is 2. The molecule has 0 aliphatic carbocycles. The van der Waals surface area contributed by atoms with Gasteiger partial charge in [-0.3, -0.25) is 0 Å².